The van der Waals surface area contributed by atoms with E-state index in [1.165, 1.54) is 33.3 Å². The molecule has 1 aliphatic rings. The van der Waals surface area contributed by atoms with Crippen LogP contribution in [0.15, 0.2) is 57.0 Å². The van der Waals surface area contributed by atoms with Gasteiger partial charge < -0.3 is 4.42 Å². The number of carbonyl (C=O) groups is 1. The Morgan fingerprint density at radius 3 is 2.61 bits per heavy atom. The number of hydrogen-bond acceptors (Lipinski definition) is 7. The summed E-state index contributed by atoms with van der Waals surface area (Å²) >= 11 is 1.20. The number of thioether (sulfide) groups is 1. The number of carbonyl (C=O) groups excluding carboxylic acids is 1. The molecule has 174 valence electrons. The maximum atomic E-state index is 12.9. The summed E-state index contributed by atoms with van der Waals surface area (Å²) in [6.45, 7) is 6.21. The average molecular weight is 486 g/mol. The van der Waals surface area contributed by atoms with Crippen LogP contribution in [0.4, 0.5) is 0 Å². The highest BCUT2D eigenvalue weighted by molar-refractivity contribution is 8.00. The van der Waals surface area contributed by atoms with Crippen LogP contribution in [0.2, 0.25) is 0 Å². The number of ketones is 1. The maximum Gasteiger partial charge on any atom is 0.277 e. The number of sulfonamides is 1. The molecule has 9 heteroatoms. The smallest absolute Gasteiger partial charge is 0.277 e. The van der Waals surface area contributed by atoms with Crippen LogP contribution in [0.5, 0.6) is 0 Å². The normalized spacial score (nSPS) is 14.4. The van der Waals surface area contributed by atoms with Gasteiger partial charge in [-0.05, 0) is 61.6 Å². The summed E-state index contributed by atoms with van der Waals surface area (Å²) in [6.07, 6.45) is 3.24. The molecule has 0 bridgehead atoms. The minimum Gasteiger partial charge on any atom is -0.411 e. The van der Waals surface area contributed by atoms with Gasteiger partial charge in [-0.2, -0.15) is 4.31 Å². The lowest BCUT2D eigenvalue weighted by atomic mass is 10.0. The summed E-state index contributed by atoms with van der Waals surface area (Å²) in [5.41, 5.74) is 3.81. The Labute approximate surface area is 198 Å². The van der Waals surface area contributed by atoms with Gasteiger partial charge >= 0.3 is 0 Å². The van der Waals surface area contributed by atoms with Gasteiger partial charge in [0.25, 0.3) is 5.22 Å². The van der Waals surface area contributed by atoms with Crippen molar-refractivity contribution in [2.45, 2.75) is 55.4 Å². The van der Waals surface area contributed by atoms with Crippen molar-refractivity contribution in [1.82, 2.24) is 14.5 Å². The summed E-state index contributed by atoms with van der Waals surface area (Å²) in [5.74, 6) is 0.230. The second-order valence-corrected chi connectivity index (χ2v) is 11.2. The third-order valence-electron chi connectivity index (χ3n) is 5.86. The summed E-state index contributed by atoms with van der Waals surface area (Å²) < 4.78 is 32.8. The van der Waals surface area contributed by atoms with Gasteiger partial charge in [0.05, 0.1) is 10.1 Å². The van der Waals surface area contributed by atoms with E-state index in [-0.39, 0.29) is 21.8 Å². The van der Waals surface area contributed by atoms with Crippen LogP contribution < -0.4 is 0 Å². The van der Waals surface area contributed by atoms with Gasteiger partial charge in [-0.3, -0.25) is 4.79 Å². The number of benzene rings is 2. The minimum atomic E-state index is -3.60. The standard InChI is InChI=1S/C24H27N3O4S2/c1-4-27(5-2)33(29,30)21-11-7-10-20(15-21)23-25-26-24(31-23)32-16(3)22(28)19-13-12-17-8-6-9-18(17)14-19/h7,10-16H,4-6,8-9H2,1-3H3. The molecule has 4 rings (SSSR count). The molecule has 1 aromatic heterocycles. The first-order valence-corrected chi connectivity index (χ1v) is 13.4. The van der Waals surface area contributed by atoms with Gasteiger partial charge in [0.1, 0.15) is 0 Å². The molecule has 0 aliphatic heterocycles. The van der Waals surface area contributed by atoms with E-state index in [1.807, 2.05) is 19.1 Å². The van der Waals surface area contributed by atoms with Crippen molar-refractivity contribution >= 4 is 27.6 Å². The summed E-state index contributed by atoms with van der Waals surface area (Å²) in [6, 6.07) is 12.4. The highest BCUT2D eigenvalue weighted by Gasteiger charge is 2.24. The van der Waals surface area contributed by atoms with Crippen molar-refractivity contribution < 1.29 is 17.6 Å². The quantitative estimate of drug-likeness (QED) is 0.322. The summed E-state index contributed by atoms with van der Waals surface area (Å²) in [4.78, 5) is 13.1. The van der Waals surface area contributed by atoms with Crippen LogP contribution in [-0.2, 0) is 22.9 Å². The van der Waals surface area contributed by atoms with Crippen molar-refractivity contribution in [3.63, 3.8) is 0 Å². The molecule has 0 saturated heterocycles. The monoisotopic (exact) mass is 485 g/mol. The molecular formula is C24H27N3O4S2. The van der Waals surface area contributed by atoms with E-state index in [4.69, 9.17) is 4.42 Å². The molecular weight excluding hydrogens is 458 g/mol. The third kappa shape index (κ3) is 4.90. The number of rotatable bonds is 9. The Morgan fingerprint density at radius 1 is 1.09 bits per heavy atom. The largest absolute Gasteiger partial charge is 0.411 e. The first kappa shape index (κ1) is 23.7. The van der Waals surface area contributed by atoms with Gasteiger partial charge in [0.15, 0.2) is 5.78 Å². The van der Waals surface area contributed by atoms with Crippen LogP contribution in [-0.4, -0.2) is 47.0 Å². The minimum absolute atomic E-state index is 0.0155. The molecule has 33 heavy (non-hydrogen) atoms. The van der Waals surface area contributed by atoms with Crippen molar-refractivity contribution in [3.05, 3.63) is 59.2 Å². The Bertz CT molecular complexity index is 1270. The lowest BCUT2D eigenvalue weighted by molar-refractivity contribution is 0.0993. The molecule has 1 aliphatic carbocycles. The van der Waals surface area contributed by atoms with Crippen molar-refractivity contribution in [1.29, 1.82) is 0 Å². The number of hydrogen-bond donors (Lipinski definition) is 0. The fourth-order valence-electron chi connectivity index (χ4n) is 4.04. The fraction of sp³-hybridized carbons (Fsp3) is 0.375. The first-order valence-electron chi connectivity index (χ1n) is 11.1. The number of aryl methyl sites for hydroxylation is 2. The highest BCUT2D eigenvalue weighted by atomic mass is 32.2. The van der Waals surface area contributed by atoms with E-state index in [0.29, 0.717) is 24.2 Å². The predicted molar refractivity (Wildman–Crippen MR) is 128 cm³/mol. The van der Waals surface area contributed by atoms with E-state index in [9.17, 15) is 13.2 Å². The number of fused-ring (bicyclic) bond motifs is 1. The molecule has 0 spiro atoms. The summed E-state index contributed by atoms with van der Waals surface area (Å²) in [7, 11) is -3.60. The Morgan fingerprint density at radius 2 is 1.85 bits per heavy atom. The van der Waals surface area contributed by atoms with E-state index in [2.05, 4.69) is 16.3 Å². The maximum absolute atomic E-state index is 12.9. The van der Waals surface area contributed by atoms with Gasteiger partial charge in [-0.1, -0.05) is 43.8 Å². The van der Waals surface area contributed by atoms with E-state index in [1.54, 1.807) is 32.0 Å². The molecule has 0 amide bonds. The Balaban J connectivity index is 1.50. The van der Waals surface area contributed by atoms with Crippen molar-refractivity contribution in [2.24, 2.45) is 0 Å². The topological polar surface area (TPSA) is 93.4 Å². The zero-order chi connectivity index (χ0) is 23.6. The molecule has 0 N–H and O–H groups in total. The van der Waals surface area contributed by atoms with Crippen LogP contribution in [0.3, 0.4) is 0 Å². The number of aromatic nitrogens is 2. The average Bonchev–Trinajstić information content (AvgIpc) is 3.48. The number of nitrogens with zero attached hydrogens (tertiary/aromatic N) is 3. The van der Waals surface area contributed by atoms with Crippen LogP contribution >= 0.6 is 11.8 Å². The Kier molecular flexibility index (Phi) is 7.02. The molecule has 0 radical (unpaired) electrons. The SMILES string of the molecule is CCN(CC)S(=O)(=O)c1cccc(-c2nnc(SC(C)C(=O)c3ccc4c(c3)CCC4)o2)c1. The zero-order valence-electron chi connectivity index (χ0n) is 18.9. The van der Waals surface area contributed by atoms with E-state index >= 15 is 0 Å². The lowest BCUT2D eigenvalue weighted by Crippen LogP contribution is -2.30. The van der Waals surface area contributed by atoms with Gasteiger partial charge in [-0.25, -0.2) is 8.42 Å². The molecule has 7 nitrogen and oxygen atoms in total. The molecule has 1 unspecified atom stereocenters. The van der Waals surface area contributed by atoms with Crippen molar-refractivity contribution in [3.8, 4) is 11.5 Å². The first-order chi connectivity index (χ1) is 15.8. The van der Waals surface area contributed by atoms with Crippen LogP contribution in [0.1, 0.15) is 48.7 Å². The molecule has 2 aromatic carbocycles. The highest BCUT2D eigenvalue weighted by Crippen LogP contribution is 2.30. The molecule has 0 saturated carbocycles. The van der Waals surface area contributed by atoms with Gasteiger partial charge in [0.2, 0.25) is 15.9 Å². The van der Waals surface area contributed by atoms with Crippen LogP contribution in [0, 0.1) is 0 Å². The van der Waals surface area contributed by atoms with Crippen LogP contribution in [0.25, 0.3) is 11.5 Å². The molecule has 3 aromatic rings. The summed E-state index contributed by atoms with van der Waals surface area (Å²) in [5, 5.41) is 8.00. The fourth-order valence-corrected chi connectivity index (χ4v) is 6.31. The lowest BCUT2D eigenvalue weighted by Gasteiger charge is -2.18. The van der Waals surface area contributed by atoms with E-state index < -0.39 is 15.3 Å². The second-order valence-electron chi connectivity index (χ2n) is 7.95. The number of Topliss-reactive ketones (excluding diaryl/α,β-unsaturated/α-hetero) is 1. The molecule has 0 fully saturated rings. The third-order valence-corrected chi connectivity index (χ3v) is 8.84. The molecule has 1 atom stereocenters. The van der Waals surface area contributed by atoms with Gasteiger partial charge in [-0.15, -0.1) is 10.2 Å². The Hall–Kier alpha value is -2.49. The van der Waals surface area contributed by atoms with E-state index in [0.717, 1.165) is 19.3 Å². The predicted octanol–water partition coefficient (Wildman–Crippen LogP) is 4.62. The second kappa shape index (κ2) is 9.79. The molecule has 1 heterocycles. The zero-order valence-corrected chi connectivity index (χ0v) is 20.6. The van der Waals surface area contributed by atoms with Gasteiger partial charge in [0, 0.05) is 24.2 Å². The van der Waals surface area contributed by atoms with Crippen molar-refractivity contribution in [2.75, 3.05) is 13.1 Å².